The molecule has 116 valence electrons. The van der Waals surface area contributed by atoms with Gasteiger partial charge in [-0.2, -0.15) is 0 Å². The standard InChI is InChI=1S/C17H20FN3O/c1-2-5-16-15-8-4-9-20(15)10-11-21(16)17(22)19-14-7-3-6-13(18)12-14/h3-4,6-9,12,16H,2,5,10-11H2,1H3,(H,19,22)/t16-/m1/s1. The van der Waals surface area contributed by atoms with E-state index >= 15 is 0 Å². The van der Waals surface area contributed by atoms with Gasteiger partial charge in [0, 0.05) is 30.7 Å². The maximum Gasteiger partial charge on any atom is 0.322 e. The number of nitrogens with one attached hydrogen (secondary N) is 1. The molecule has 22 heavy (non-hydrogen) atoms. The summed E-state index contributed by atoms with van der Waals surface area (Å²) in [6.07, 6.45) is 3.97. The summed E-state index contributed by atoms with van der Waals surface area (Å²) in [5, 5.41) is 2.80. The Morgan fingerprint density at radius 3 is 2.95 bits per heavy atom. The number of fused-ring (bicyclic) bond motifs is 1. The van der Waals surface area contributed by atoms with Crippen LogP contribution in [0.5, 0.6) is 0 Å². The Bertz CT molecular complexity index is 667. The number of urea groups is 1. The molecule has 1 aliphatic rings. The first-order valence-electron chi connectivity index (χ1n) is 7.67. The fraction of sp³-hybridized carbons (Fsp3) is 0.353. The first-order valence-corrected chi connectivity index (χ1v) is 7.67. The minimum atomic E-state index is -0.351. The zero-order valence-electron chi connectivity index (χ0n) is 12.6. The lowest BCUT2D eigenvalue weighted by Gasteiger charge is -2.37. The molecular formula is C17H20FN3O. The maximum atomic E-state index is 13.2. The summed E-state index contributed by atoms with van der Waals surface area (Å²) in [5.74, 6) is -0.351. The second-order valence-corrected chi connectivity index (χ2v) is 5.56. The molecule has 4 nitrogen and oxygen atoms in total. The predicted octanol–water partition coefficient (Wildman–Crippen LogP) is 4.02. The number of nitrogens with zero attached hydrogens (tertiary/aromatic N) is 2. The largest absolute Gasteiger partial charge is 0.348 e. The lowest BCUT2D eigenvalue weighted by atomic mass is 10.0. The Labute approximate surface area is 129 Å². The number of hydrogen-bond acceptors (Lipinski definition) is 1. The van der Waals surface area contributed by atoms with Crippen molar-refractivity contribution >= 4 is 11.7 Å². The number of rotatable bonds is 3. The summed E-state index contributed by atoms with van der Waals surface area (Å²) in [7, 11) is 0. The van der Waals surface area contributed by atoms with Crippen molar-refractivity contribution in [2.24, 2.45) is 0 Å². The van der Waals surface area contributed by atoms with E-state index in [9.17, 15) is 9.18 Å². The van der Waals surface area contributed by atoms with E-state index in [1.807, 2.05) is 11.0 Å². The first kappa shape index (κ1) is 14.6. The van der Waals surface area contributed by atoms with Crippen molar-refractivity contribution in [3.63, 3.8) is 0 Å². The van der Waals surface area contributed by atoms with Crippen molar-refractivity contribution in [3.8, 4) is 0 Å². The van der Waals surface area contributed by atoms with Crippen molar-refractivity contribution in [3.05, 3.63) is 54.1 Å². The van der Waals surface area contributed by atoms with Crippen LogP contribution in [0.1, 0.15) is 31.5 Å². The summed E-state index contributed by atoms with van der Waals surface area (Å²) in [6, 6.07) is 9.98. The molecule has 1 atom stereocenters. The summed E-state index contributed by atoms with van der Waals surface area (Å²) in [4.78, 5) is 14.4. The molecule has 0 radical (unpaired) electrons. The van der Waals surface area contributed by atoms with Crippen molar-refractivity contribution in [1.82, 2.24) is 9.47 Å². The van der Waals surface area contributed by atoms with Gasteiger partial charge in [-0.15, -0.1) is 0 Å². The van der Waals surface area contributed by atoms with Gasteiger partial charge in [0.05, 0.1) is 6.04 Å². The number of carbonyl (C=O) groups is 1. The van der Waals surface area contributed by atoms with Gasteiger partial charge < -0.3 is 14.8 Å². The number of benzene rings is 1. The molecule has 0 unspecified atom stereocenters. The number of carbonyl (C=O) groups excluding carboxylic acids is 1. The smallest absolute Gasteiger partial charge is 0.322 e. The van der Waals surface area contributed by atoms with Crippen LogP contribution in [-0.4, -0.2) is 22.0 Å². The molecule has 1 aliphatic heterocycles. The van der Waals surface area contributed by atoms with Gasteiger partial charge in [-0.25, -0.2) is 9.18 Å². The van der Waals surface area contributed by atoms with E-state index in [4.69, 9.17) is 0 Å². The summed E-state index contributed by atoms with van der Waals surface area (Å²) in [6.45, 7) is 3.57. The number of aromatic nitrogens is 1. The molecule has 1 N–H and O–H groups in total. The average molecular weight is 301 g/mol. The van der Waals surface area contributed by atoms with E-state index in [1.165, 1.54) is 17.8 Å². The first-order chi connectivity index (χ1) is 10.7. The second-order valence-electron chi connectivity index (χ2n) is 5.56. The Kier molecular flexibility index (Phi) is 4.13. The topological polar surface area (TPSA) is 37.3 Å². The number of amides is 2. The highest BCUT2D eigenvalue weighted by Gasteiger charge is 2.30. The van der Waals surface area contributed by atoms with E-state index in [1.54, 1.807) is 12.1 Å². The van der Waals surface area contributed by atoms with E-state index in [-0.39, 0.29) is 17.9 Å². The van der Waals surface area contributed by atoms with Crippen molar-refractivity contribution in [2.45, 2.75) is 32.4 Å². The number of halogens is 1. The molecule has 0 bridgehead atoms. The molecule has 1 aromatic heterocycles. The fourth-order valence-electron chi connectivity index (χ4n) is 3.05. The van der Waals surface area contributed by atoms with Crippen LogP contribution in [0.25, 0.3) is 0 Å². The summed E-state index contributed by atoms with van der Waals surface area (Å²) >= 11 is 0. The Balaban J connectivity index is 1.79. The van der Waals surface area contributed by atoms with Gasteiger partial charge >= 0.3 is 6.03 Å². The summed E-state index contributed by atoms with van der Waals surface area (Å²) in [5.41, 5.74) is 1.66. The monoisotopic (exact) mass is 301 g/mol. The van der Waals surface area contributed by atoms with Crippen LogP contribution >= 0.6 is 0 Å². The van der Waals surface area contributed by atoms with Gasteiger partial charge in [0.25, 0.3) is 0 Å². The van der Waals surface area contributed by atoms with E-state index in [0.29, 0.717) is 12.2 Å². The van der Waals surface area contributed by atoms with Crippen LogP contribution in [0.15, 0.2) is 42.6 Å². The Hall–Kier alpha value is -2.30. The molecule has 1 aromatic carbocycles. The van der Waals surface area contributed by atoms with E-state index in [0.717, 1.165) is 19.4 Å². The quantitative estimate of drug-likeness (QED) is 0.913. The normalized spacial score (nSPS) is 17.2. The van der Waals surface area contributed by atoms with Gasteiger partial charge in [-0.05, 0) is 36.8 Å². The highest BCUT2D eigenvalue weighted by molar-refractivity contribution is 5.89. The number of anilines is 1. The van der Waals surface area contributed by atoms with Crippen molar-refractivity contribution in [1.29, 1.82) is 0 Å². The van der Waals surface area contributed by atoms with Crippen LogP contribution in [0.4, 0.5) is 14.9 Å². The zero-order chi connectivity index (χ0) is 15.5. The van der Waals surface area contributed by atoms with Gasteiger partial charge in [0.15, 0.2) is 0 Å². The molecule has 2 amide bonds. The van der Waals surface area contributed by atoms with Crippen LogP contribution in [0.3, 0.4) is 0 Å². The molecule has 2 aromatic rings. The SMILES string of the molecule is CCC[C@@H]1c2cccn2CCN1C(=O)Nc1cccc(F)c1. The minimum absolute atomic E-state index is 0.0716. The Morgan fingerprint density at radius 1 is 1.32 bits per heavy atom. The van der Waals surface area contributed by atoms with Crippen LogP contribution in [-0.2, 0) is 6.54 Å². The van der Waals surface area contributed by atoms with E-state index < -0.39 is 0 Å². The van der Waals surface area contributed by atoms with Crippen LogP contribution in [0.2, 0.25) is 0 Å². The highest BCUT2D eigenvalue weighted by atomic mass is 19.1. The maximum absolute atomic E-state index is 13.2. The van der Waals surface area contributed by atoms with Gasteiger partial charge in [-0.3, -0.25) is 0 Å². The van der Waals surface area contributed by atoms with Gasteiger partial charge in [0.2, 0.25) is 0 Å². The number of hydrogen-bond donors (Lipinski definition) is 1. The minimum Gasteiger partial charge on any atom is -0.348 e. The average Bonchev–Trinajstić information content (AvgIpc) is 2.96. The Morgan fingerprint density at radius 2 is 2.18 bits per heavy atom. The highest BCUT2D eigenvalue weighted by Crippen LogP contribution is 2.30. The van der Waals surface area contributed by atoms with Gasteiger partial charge in [-0.1, -0.05) is 19.4 Å². The second kappa shape index (κ2) is 6.22. The lowest BCUT2D eigenvalue weighted by Crippen LogP contribution is -2.44. The molecule has 0 fully saturated rings. The zero-order valence-corrected chi connectivity index (χ0v) is 12.6. The molecular weight excluding hydrogens is 281 g/mol. The summed E-state index contributed by atoms with van der Waals surface area (Å²) < 4.78 is 15.4. The molecule has 0 saturated heterocycles. The molecule has 5 heteroatoms. The van der Waals surface area contributed by atoms with Crippen molar-refractivity contribution in [2.75, 3.05) is 11.9 Å². The van der Waals surface area contributed by atoms with E-state index in [2.05, 4.69) is 29.1 Å². The predicted molar refractivity (Wildman–Crippen MR) is 84.2 cm³/mol. The molecule has 0 saturated carbocycles. The lowest BCUT2D eigenvalue weighted by molar-refractivity contribution is 0.163. The molecule has 0 aliphatic carbocycles. The van der Waals surface area contributed by atoms with Crippen LogP contribution < -0.4 is 5.32 Å². The van der Waals surface area contributed by atoms with Crippen LogP contribution in [0, 0.1) is 5.82 Å². The third-order valence-electron chi connectivity index (χ3n) is 4.06. The molecule has 0 spiro atoms. The van der Waals surface area contributed by atoms with Crippen molar-refractivity contribution < 1.29 is 9.18 Å². The third kappa shape index (κ3) is 2.84. The molecule has 2 heterocycles. The fourth-order valence-corrected chi connectivity index (χ4v) is 3.05. The third-order valence-corrected chi connectivity index (χ3v) is 4.06. The molecule has 3 rings (SSSR count). The van der Waals surface area contributed by atoms with Gasteiger partial charge in [0.1, 0.15) is 5.82 Å².